The molecule has 0 saturated carbocycles. The quantitative estimate of drug-likeness (QED) is 0.475. The molecule has 92 valence electrons. The van der Waals surface area contributed by atoms with Crippen molar-refractivity contribution in [2.45, 2.75) is 18.9 Å². The van der Waals surface area contributed by atoms with Crippen LogP contribution < -0.4 is 5.32 Å². The van der Waals surface area contributed by atoms with Gasteiger partial charge in [-0.25, -0.2) is 0 Å². The fourth-order valence-corrected chi connectivity index (χ4v) is 1.85. The van der Waals surface area contributed by atoms with Gasteiger partial charge in [0.2, 0.25) is 0 Å². The normalized spacial score (nSPS) is 19.2. The van der Waals surface area contributed by atoms with Crippen LogP contribution in [0.1, 0.15) is 12.8 Å². The van der Waals surface area contributed by atoms with E-state index < -0.39 is 4.92 Å². The SMILES string of the molecule is O=[N+]([O-])c1cc(O)ccc1NCC1CCCO1. The first-order chi connectivity index (χ1) is 8.16. The Morgan fingerprint density at radius 3 is 3.06 bits per heavy atom. The van der Waals surface area contributed by atoms with Gasteiger partial charge in [0.05, 0.1) is 17.1 Å². The number of nitro groups is 1. The first kappa shape index (κ1) is 11.7. The van der Waals surface area contributed by atoms with Gasteiger partial charge in [-0.3, -0.25) is 10.1 Å². The highest BCUT2D eigenvalue weighted by molar-refractivity contribution is 5.63. The molecule has 1 aliphatic heterocycles. The molecule has 1 atom stereocenters. The molecule has 0 aliphatic carbocycles. The summed E-state index contributed by atoms with van der Waals surface area (Å²) in [4.78, 5) is 10.3. The molecular formula is C11H14N2O4. The molecule has 0 aromatic heterocycles. The summed E-state index contributed by atoms with van der Waals surface area (Å²) in [7, 11) is 0. The van der Waals surface area contributed by atoms with Crippen LogP contribution in [0.5, 0.6) is 5.75 Å². The molecular weight excluding hydrogens is 224 g/mol. The lowest BCUT2D eigenvalue weighted by Gasteiger charge is -2.12. The fraction of sp³-hybridized carbons (Fsp3) is 0.455. The Morgan fingerprint density at radius 2 is 2.41 bits per heavy atom. The molecule has 6 heteroatoms. The van der Waals surface area contributed by atoms with Gasteiger partial charge in [0, 0.05) is 13.2 Å². The summed E-state index contributed by atoms with van der Waals surface area (Å²) < 4.78 is 5.42. The van der Waals surface area contributed by atoms with Gasteiger partial charge in [-0.15, -0.1) is 0 Å². The van der Waals surface area contributed by atoms with Crippen molar-refractivity contribution in [1.29, 1.82) is 0 Å². The third kappa shape index (κ3) is 2.85. The lowest BCUT2D eigenvalue weighted by Crippen LogP contribution is -2.18. The van der Waals surface area contributed by atoms with Gasteiger partial charge in [0.1, 0.15) is 11.4 Å². The second-order valence-electron chi connectivity index (χ2n) is 3.97. The molecule has 1 unspecified atom stereocenters. The number of aromatic hydroxyl groups is 1. The molecule has 1 aromatic rings. The summed E-state index contributed by atoms with van der Waals surface area (Å²) in [6, 6.07) is 4.06. The highest BCUT2D eigenvalue weighted by Gasteiger charge is 2.18. The summed E-state index contributed by atoms with van der Waals surface area (Å²) in [6.45, 7) is 1.30. The third-order valence-corrected chi connectivity index (χ3v) is 2.72. The van der Waals surface area contributed by atoms with Crippen LogP contribution in [-0.2, 0) is 4.74 Å². The van der Waals surface area contributed by atoms with E-state index in [9.17, 15) is 15.2 Å². The maximum Gasteiger partial charge on any atom is 0.296 e. The zero-order valence-corrected chi connectivity index (χ0v) is 9.26. The van der Waals surface area contributed by atoms with E-state index in [1.807, 2.05) is 0 Å². The van der Waals surface area contributed by atoms with Gasteiger partial charge in [-0.1, -0.05) is 0 Å². The Morgan fingerprint density at radius 1 is 1.59 bits per heavy atom. The van der Waals surface area contributed by atoms with Gasteiger partial charge in [-0.05, 0) is 25.0 Å². The van der Waals surface area contributed by atoms with Crippen molar-refractivity contribution in [3.8, 4) is 5.75 Å². The van der Waals surface area contributed by atoms with Crippen molar-refractivity contribution in [2.75, 3.05) is 18.5 Å². The van der Waals surface area contributed by atoms with Crippen LogP contribution in [0.3, 0.4) is 0 Å². The number of phenolic OH excluding ortho intramolecular Hbond substituents is 1. The minimum atomic E-state index is -0.516. The number of nitrogens with zero attached hydrogens (tertiary/aromatic N) is 1. The number of benzene rings is 1. The lowest BCUT2D eigenvalue weighted by atomic mass is 10.2. The Hall–Kier alpha value is -1.82. The highest BCUT2D eigenvalue weighted by Crippen LogP contribution is 2.28. The smallest absolute Gasteiger partial charge is 0.296 e. The number of anilines is 1. The molecule has 1 aromatic carbocycles. The molecule has 17 heavy (non-hydrogen) atoms. The molecule has 1 fully saturated rings. The van der Waals surface area contributed by atoms with Crippen LogP contribution in [0.4, 0.5) is 11.4 Å². The van der Waals surface area contributed by atoms with Gasteiger partial charge in [0.15, 0.2) is 0 Å². The molecule has 0 amide bonds. The van der Waals surface area contributed by atoms with E-state index in [0.717, 1.165) is 25.5 Å². The maximum atomic E-state index is 10.8. The lowest BCUT2D eigenvalue weighted by molar-refractivity contribution is -0.384. The summed E-state index contributed by atoms with van der Waals surface area (Å²) in [5.41, 5.74) is 0.284. The molecule has 0 bridgehead atoms. The molecule has 1 saturated heterocycles. The van der Waals surface area contributed by atoms with E-state index in [2.05, 4.69) is 5.32 Å². The topological polar surface area (TPSA) is 84.6 Å². The number of nitrogens with one attached hydrogen (secondary N) is 1. The second kappa shape index (κ2) is 5.01. The predicted octanol–water partition coefficient (Wildman–Crippen LogP) is 1.89. The van der Waals surface area contributed by atoms with E-state index in [1.54, 1.807) is 0 Å². The molecule has 0 radical (unpaired) electrons. The average molecular weight is 238 g/mol. The van der Waals surface area contributed by atoms with E-state index in [0.29, 0.717) is 12.2 Å². The van der Waals surface area contributed by atoms with Gasteiger partial charge < -0.3 is 15.2 Å². The Labute approximate surface area is 98.4 Å². The van der Waals surface area contributed by atoms with Crippen LogP contribution in [-0.4, -0.2) is 29.3 Å². The van der Waals surface area contributed by atoms with Crippen LogP contribution in [0.15, 0.2) is 18.2 Å². The number of nitro benzene ring substituents is 1. The van der Waals surface area contributed by atoms with Crippen molar-refractivity contribution >= 4 is 11.4 Å². The summed E-state index contributed by atoms with van der Waals surface area (Å²) in [6.07, 6.45) is 2.12. The number of hydrogen-bond acceptors (Lipinski definition) is 5. The first-order valence-electron chi connectivity index (χ1n) is 5.49. The van der Waals surface area contributed by atoms with E-state index in [1.165, 1.54) is 12.1 Å². The van der Waals surface area contributed by atoms with E-state index in [4.69, 9.17) is 4.74 Å². The fourth-order valence-electron chi connectivity index (χ4n) is 1.85. The Kier molecular flexibility index (Phi) is 3.43. The van der Waals surface area contributed by atoms with Crippen LogP contribution in [0.2, 0.25) is 0 Å². The summed E-state index contributed by atoms with van der Waals surface area (Å²) >= 11 is 0. The van der Waals surface area contributed by atoms with E-state index in [-0.39, 0.29) is 17.5 Å². The summed E-state index contributed by atoms with van der Waals surface area (Å²) in [5, 5.41) is 23.0. The minimum Gasteiger partial charge on any atom is -0.508 e. The monoisotopic (exact) mass is 238 g/mol. The number of hydrogen-bond donors (Lipinski definition) is 2. The molecule has 2 N–H and O–H groups in total. The first-order valence-corrected chi connectivity index (χ1v) is 5.49. The maximum absolute atomic E-state index is 10.8. The molecule has 0 spiro atoms. The second-order valence-corrected chi connectivity index (χ2v) is 3.97. The Bertz CT molecular complexity index is 416. The molecule has 2 rings (SSSR count). The standard InChI is InChI=1S/C11H14N2O4/c14-8-3-4-10(11(6-8)13(15)16)12-7-9-2-1-5-17-9/h3-4,6,9,12,14H,1-2,5,7H2. The van der Waals surface area contributed by atoms with Crippen molar-refractivity contribution in [2.24, 2.45) is 0 Å². The predicted molar refractivity (Wildman–Crippen MR) is 62.2 cm³/mol. The van der Waals surface area contributed by atoms with Crippen molar-refractivity contribution in [3.05, 3.63) is 28.3 Å². The van der Waals surface area contributed by atoms with Gasteiger partial charge in [-0.2, -0.15) is 0 Å². The molecule has 1 heterocycles. The number of phenols is 1. The van der Waals surface area contributed by atoms with Crippen molar-refractivity contribution in [1.82, 2.24) is 0 Å². The highest BCUT2D eigenvalue weighted by atomic mass is 16.6. The molecule has 6 nitrogen and oxygen atoms in total. The Balaban J connectivity index is 2.06. The van der Waals surface area contributed by atoms with Crippen LogP contribution in [0, 0.1) is 10.1 Å². The third-order valence-electron chi connectivity index (χ3n) is 2.72. The van der Waals surface area contributed by atoms with Gasteiger partial charge in [0.25, 0.3) is 5.69 Å². The van der Waals surface area contributed by atoms with Crippen LogP contribution in [0.25, 0.3) is 0 Å². The van der Waals surface area contributed by atoms with Crippen molar-refractivity contribution < 1.29 is 14.8 Å². The zero-order chi connectivity index (χ0) is 12.3. The van der Waals surface area contributed by atoms with E-state index >= 15 is 0 Å². The zero-order valence-electron chi connectivity index (χ0n) is 9.26. The molecule has 1 aliphatic rings. The van der Waals surface area contributed by atoms with Crippen LogP contribution >= 0.6 is 0 Å². The number of rotatable bonds is 4. The summed E-state index contributed by atoms with van der Waals surface area (Å²) in [5.74, 6) is -0.112. The average Bonchev–Trinajstić information content (AvgIpc) is 2.80. The largest absolute Gasteiger partial charge is 0.508 e. The number of ether oxygens (including phenoxy) is 1. The minimum absolute atomic E-state index is 0.112. The van der Waals surface area contributed by atoms with Crippen molar-refractivity contribution in [3.63, 3.8) is 0 Å². The van der Waals surface area contributed by atoms with Gasteiger partial charge >= 0.3 is 0 Å².